The Bertz CT molecular complexity index is 650. The summed E-state index contributed by atoms with van der Waals surface area (Å²) in [6.07, 6.45) is 0. The van der Waals surface area contributed by atoms with Gasteiger partial charge in [0.25, 0.3) is 0 Å². The zero-order chi connectivity index (χ0) is 16.2. The van der Waals surface area contributed by atoms with Crippen molar-refractivity contribution in [1.29, 1.82) is 0 Å². The molecule has 1 atom stereocenters. The van der Waals surface area contributed by atoms with Crippen LogP contribution in [0.3, 0.4) is 0 Å². The molecular formula is C16H21N5O2. The summed E-state index contributed by atoms with van der Waals surface area (Å²) in [5, 5.41) is 7.73. The van der Waals surface area contributed by atoms with Gasteiger partial charge in [-0.25, -0.2) is 4.63 Å². The van der Waals surface area contributed by atoms with Gasteiger partial charge in [0, 0.05) is 32.7 Å². The Morgan fingerprint density at radius 3 is 2.48 bits per heavy atom. The summed E-state index contributed by atoms with van der Waals surface area (Å²) >= 11 is 0. The van der Waals surface area contributed by atoms with Gasteiger partial charge in [0.15, 0.2) is 0 Å². The van der Waals surface area contributed by atoms with E-state index in [4.69, 9.17) is 10.4 Å². The summed E-state index contributed by atoms with van der Waals surface area (Å²) in [5.74, 6) is -0.304. The number of aromatic nitrogens is 2. The number of hydrogen-bond acceptors (Lipinski definition) is 6. The number of amides is 1. The third-order valence-electron chi connectivity index (χ3n) is 4.28. The third kappa shape index (κ3) is 3.57. The summed E-state index contributed by atoms with van der Waals surface area (Å²) < 4.78 is 4.74. The SMILES string of the molecule is Cc1nonc1CN1CCN([C@H](C(N)=O)c2ccccc2)CC1. The van der Waals surface area contributed by atoms with Gasteiger partial charge < -0.3 is 5.73 Å². The van der Waals surface area contributed by atoms with Crippen molar-refractivity contribution >= 4 is 5.91 Å². The number of hydrogen-bond donors (Lipinski definition) is 1. The van der Waals surface area contributed by atoms with Crippen LogP contribution in [0.2, 0.25) is 0 Å². The van der Waals surface area contributed by atoms with E-state index in [9.17, 15) is 4.79 Å². The highest BCUT2D eigenvalue weighted by molar-refractivity contribution is 5.81. The van der Waals surface area contributed by atoms with Crippen molar-refractivity contribution in [2.24, 2.45) is 5.73 Å². The summed E-state index contributed by atoms with van der Waals surface area (Å²) in [5.41, 5.74) is 8.28. The van der Waals surface area contributed by atoms with Crippen molar-refractivity contribution in [3.8, 4) is 0 Å². The molecular weight excluding hydrogens is 294 g/mol. The van der Waals surface area contributed by atoms with Crippen LogP contribution >= 0.6 is 0 Å². The first-order valence-corrected chi connectivity index (χ1v) is 7.74. The molecule has 1 aromatic heterocycles. The Kier molecular flexibility index (Phi) is 4.68. The fraction of sp³-hybridized carbons (Fsp3) is 0.438. The summed E-state index contributed by atoms with van der Waals surface area (Å²) in [7, 11) is 0. The zero-order valence-electron chi connectivity index (χ0n) is 13.2. The second kappa shape index (κ2) is 6.89. The van der Waals surface area contributed by atoms with Crippen LogP contribution in [0.4, 0.5) is 0 Å². The van der Waals surface area contributed by atoms with Gasteiger partial charge in [0.1, 0.15) is 17.4 Å². The lowest BCUT2D eigenvalue weighted by Gasteiger charge is -2.38. The number of nitrogens with two attached hydrogens (primary N) is 1. The number of nitrogens with zero attached hydrogens (tertiary/aromatic N) is 4. The Labute approximate surface area is 135 Å². The molecule has 0 bridgehead atoms. The summed E-state index contributed by atoms with van der Waals surface area (Å²) in [6.45, 7) is 5.88. The van der Waals surface area contributed by atoms with Crippen molar-refractivity contribution in [3.05, 3.63) is 47.3 Å². The van der Waals surface area contributed by atoms with Crippen LogP contribution in [-0.2, 0) is 11.3 Å². The minimum atomic E-state index is -0.367. The first-order valence-electron chi connectivity index (χ1n) is 7.74. The molecule has 0 unspecified atom stereocenters. The van der Waals surface area contributed by atoms with Crippen molar-refractivity contribution < 1.29 is 9.42 Å². The molecule has 1 amide bonds. The van der Waals surface area contributed by atoms with Gasteiger partial charge in [-0.05, 0) is 12.5 Å². The van der Waals surface area contributed by atoms with Gasteiger partial charge in [-0.15, -0.1) is 0 Å². The fourth-order valence-electron chi connectivity index (χ4n) is 2.97. The maximum atomic E-state index is 11.9. The Morgan fingerprint density at radius 1 is 1.22 bits per heavy atom. The number of aryl methyl sites for hydroxylation is 1. The van der Waals surface area contributed by atoms with Crippen molar-refractivity contribution in [1.82, 2.24) is 20.1 Å². The minimum Gasteiger partial charge on any atom is -0.368 e. The second-order valence-electron chi connectivity index (χ2n) is 5.82. The van der Waals surface area contributed by atoms with E-state index in [0.717, 1.165) is 49.7 Å². The standard InChI is InChI=1S/C16H21N5O2/c1-12-14(19-23-18-12)11-20-7-9-21(10-8-20)15(16(17)22)13-5-3-2-4-6-13/h2-6,15H,7-11H2,1H3,(H2,17,22)/t15-/m0/s1. The topological polar surface area (TPSA) is 88.5 Å². The first-order chi connectivity index (χ1) is 11.1. The maximum absolute atomic E-state index is 11.9. The molecule has 7 nitrogen and oxygen atoms in total. The number of carbonyl (C=O) groups is 1. The average Bonchev–Trinajstić information content (AvgIpc) is 2.95. The zero-order valence-corrected chi connectivity index (χ0v) is 13.2. The van der Waals surface area contributed by atoms with Crippen molar-refractivity contribution in [2.45, 2.75) is 19.5 Å². The molecule has 1 aliphatic heterocycles. The molecule has 122 valence electrons. The van der Waals surface area contributed by atoms with Crippen LogP contribution in [0.15, 0.2) is 35.0 Å². The van der Waals surface area contributed by atoms with E-state index >= 15 is 0 Å². The van der Waals surface area contributed by atoms with E-state index in [0.29, 0.717) is 0 Å². The number of primary amides is 1. The van der Waals surface area contributed by atoms with Crippen LogP contribution in [0, 0.1) is 6.92 Å². The van der Waals surface area contributed by atoms with Gasteiger partial charge in [-0.1, -0.05) is 40.6 Å². The van der Waals surface area contributed by atoms with Gasteiger partial charge in [0.05, 0.1) is 0 Å². The normalized spacial score (nSPS) is 18.0. The van der Waals surface area contributed by atoms with E-state index in [-0.39, 0.29) is 11.9 Å². The first kappa shape index (κ1) is 15.6. The van der Waals surface area contributed by atoms with Gasteiger partial charge >= 0.3 is 0 Å². The lowest BCUT2D eigenvalue weighted by molar-refractivity contribution is -0.124. The molecule has 2 aromatic rings. The molecule has 1 aromatic carbocycles. The molecule has 23 heavy (non-hydrogen) atoms. The van der Waals surface area contributed by atoms with Gasteiger partial charge in [0.2, 0.25) is 5.91 Å². The van der Waals surface area contributed by atoms with E-state index in [1.807, 2.05) is 37.3 Å². The molecule has 3 rings (SSSR count). The van der Waals surface area contributed by atoms with Gasteiger partial charge in [-0.3, -0.25) is 14.6 Å². The number of piperazine rings is 1. The number of benzene rings is 1. The second-order valence-corrected chi connectivity index (χ2v) is 5.82. The van der Waals surface area contributed by atoms with Crippen LogP contribution in [0.1, 0.15) is 23.0 Å². The highest BCUT2D eigenvalue weighted by Gasteiger charge is 2.29. The highest BCUT2D eigenvalue weighted by atomic mass is 16.6. The smallest absolute Gasteiger partial charge is 0.239 e. The van der Waals surface area contributed by atoms with Crippen LogP contribution in [-0.4, -0.2) is 52.2 Å². The van der Waals surface area contributed by atoms with E-state index in [1.54, 1.807) is 0 Å². The Morgan fingerprint density at radius 2 is 1.91 bits per heavy atom. The predicted molar refractivity (Wildman–Crippen MR) is 84.3 cm³/mol. The molecule has 0 aliphatic carbocycles. The fourth-order valence-corrected chi connectivity index (χ4v) is 2.97. The number of carbonyl (C=O) groups excluding carboxylic acids is 1. The molecule has 7 heteroatoms. The molecule has 2 N–H and O–H groups in total. The third-order valence-corrected chi connectivity index (χ3v) is 4.28. The molecule has 0 spiro atoms. The molecule has 1 saturated heterocycles. The molecule has 1 fully saturated rings. The van der Waals surface area contributed by atoms with Crippen molar-refractivity contribution in [3.63, 3.8) is 0 Å². The average molecular weight is 315 g/mol. The molecule has 0 saturated carbocycles. The molecule has 1 aliphatic rings. The van der Waals surface area contributed by atoms with E-state index < -0.39 is 0 Å². The maximum Gasteiger partial charge on any atom is 0.239 e. The van der Waals surface area contributed by atoms with Crippen molar-refractivity contribution in [2.75, 3.05) is 26.2 Å². The lowest BCUT2D eigenvalue weighted by Crippen LogP contribution is -2.50. The summed E-state index contributed by atoms with van der Waals surface area (Å²) in [6, 6.07) is 9.34. The van der Waals surface area contributed by atoms with E-state index in [2.05, 4.69) is 20.1 Å². The predicted octanol–water partition coefficient (Wildman–Crippen LogP) is 0.722. The largest absolute Gasteiger partial charge is 0.368 e. The van der Waals surface area contributed by atoms with E-state index in [1.165, 1.54) is 0 Å². The number of rotatable bonds is 5. The Balaban J connectivity index is 1.63. The minimum absolute atomic E-state index is 0.304. The summed E-state index contributed by atoms with van der Waals surface area (Å²) in [4.78, 5) is 16.3. The monoisotopic (exact) mass is 315 g/mol. The van der Waals surface area contributed by atoms with Crippen LogP contribution < -0.4 is 5.73 Å². The van der Waals surface area contributed by atoms with Crippen LogP contribution in [0.5, 0.6) is 0 Å². The lowest BCUT2D eigenvalue weighted by atomic mass is 10.0. The Hall–Kier alpha value is -2.25. The molecule has 0 radical (unpaired) electrons. The molecule has 2 heterocycles. The highest BCUT2D eigenvalue weighted by Crippen LogP contribution is 2.22. The van der Waals surface area contributed by atoms with Crippen LogP contribution in [0.25, 0.3) is 0 Å². The van der Waals surface area contributed by atoms with Gasteiger partial charge in [-0.2, -0.15) is 0 Å². The quantitative estimate of drug-likeness (QED) is 0.875.